The number of carbonyl (C=O) groups excluding carboxylic acids is 1. The summed E-state index contributed by atoms with van der Waals surface area (Å²) in [4.78, 5) is 14.5. The van der Waals surface area contributed by atoms with Crippen molar-refractivity contribution in [3.63, 3.8) is 0 Å². The number of aromatic nitrogens is 4. The normalized spacial score (nSPS) is 16.8. The minimum Gasteiger partial charge on any atom is -0.494 e. The van der Waals surface area contributed by atoms with Crippen LogP contribution in [0.3, 0.4) is 0 Å². The molecule has 1 atom stereocenters. The second kappa shape index (κ2) is 8.29. The molecule has 1 aliphatic heterocycles. The Hall–Kier alpha value is -2.15. The van der Waals surface area contributed by atoms with Crippen molar-refractivity contribution in [2.75, 3.05) is 20.2 Å². The molecule has 0 saturated heterocycles. The highest BCUT2D eigenvalue weighted by Crippen LogP contribution is 2.25. The highest BCUT2D eigenvalue weighted by molar-refractivity contribution is 6.30. The average Bonchev–Trinajstić information content (AvgIpc) is 2.99. The van der Waals surface area contributed by atoms with E-state index in [1.54, 1.807) is 21.7 Å². The van der Waals surface area contributed by atoms with E-state index in [-0.39, 0.29) is 11.8 Å². The van der Waals surface area contributed by atoms with Crippen molar-refractivity contribution in [1.82, 2.24) is 25.1 Å². The number of rotatable bonds is 6. The minimum absolute atomic E-state index is 0.0736. The quantitative estimate of drug-likeness (QED) is 0.737. The zero-order chi connectivity index (χ0) is 17.6. The Morgan fingerprint density at radius 3 is 2.96 bits per heavy atom. The molecule has 2 aromatic rings. The van der Waals surface area contributed by atoms with Crippen molar-refractivity contribution in [2.45, 2.75) is 38.1 Å². The molecule has 0 aliphatic carbocycles. The van der Waals surface area contributed by atoms with Crippen LogP contribution in [0.5, 0.6) is 5.75 Å². The SMILES string of the molecule is CN(CCCOc1ccc(Cl)cc1)C(=O)C1CCCCn2nnnc21. The Kier molecular flexibility index (Phi) is 5.86. The Labute approximate surface area is 151 Å². The van der Waals surface area contributed by atoms with Crippen LogP contribution in [0, 0.1) is 0 Å². The first-order valence-corrected chi connectivity index (χ1v) is 8.92. The molecule has 0 saturated carbocycles. The van der Waals surface area contributed by atoms with Crippen LogP contribution >= 0.6 is 11.6 Å². The molecule has 134 valence electrons. The molecular weight excluding hydrogens is 342 g/mol. The molecule has 1 unspecified atom stereocenters. The van der Waals surface area contributed by atoms with Gasteiger partial charge in [0.05, 0.1) is 12.5 Å². The average molecular weight is 364 g/mol. The fraction of sp³-hybridized carbons (Fsp3) is 0.529. The van der Waals surface area contributed by atoms with Gasteiger partial charge in [-0.3, -0.25) is 4.79 Å². The van der Waals surface area contributed by atoms with Gasteiger partial charge in [-0.2, -0.15) is 0 Å². The molecule has 8 heteroatoms. The lowest BCUT2D eigenvalue weighted by Crippen LogP contribution is -2.34. The summed E-state index contributed by atoms with van der Waals surface area (Å²) in [6, 6.07) is 7.26. The molecule has 0 spiro atoms. The van der Waals surface area contributed by atoms with Crippen LogP contribution in [-0.4, -0.2) is 51.2 Å². The molecule has 3 rings (SSSR count). The van der Waals surface area contributed by atoms with E-state index in [1.165, 1.54) is 0 Å². The third-order valence-corrected chi connectivity index (χ3v) is 4.63. The molecule has 1 aromatic carbocycles. The Morgan fingerprint density at radius 2 is 2.16 bits per heavy atom. The van der Waals surface area contributed by atoms with Gasteiger partial charge in [0.1, 0.15) is 5.75 Å². The van der Waals surface area contributed by atoms with Crippen LogP contribution in [-0.2, 0) is 11.3 Å². The molecule has 2 heterocycles. The fourth-order valence-corrected chi connectivity index (χ4v) is 3.12. The largest absolute Gasteiger partial charge is 0.494 e. The lowest BCUT2D eigenvalue weighted by molar-refractivity contribution is -0.132. The highest BCUT2D eigenvalue weighted by atomic mass is 35.5. The van der Waals surface area contributed by atoms with E-state index < -0.39 is 0 Å². The van der Waals surface area contributed by atoms with Gasteiger partial charge in [-0.25, -0.2) is 4.68 Å². The number of tetrazole rings is 1. The number of carbonyl (C=O) groups is 1. The standard InChI is InChI=1S/C17H22ClN5O2/c1-22(10-4-12-25-14-8-6-13(18)7-9-14)17(24)15-5-2-3-11-23-16(15)19-20-21-23/h6-9,15H,2-5,10-12H2,1H3. The number of likely N-dealkylation sites (N-methyl/N-ethyl adjacent to an activating group) is 1. The first kappa shape index (κ1) is 17.7. The molecule has 0 N–H and O–H groups in total. The summed E-state index contributed by atoms with van der Waals surface area (Å²) in [6.07, 6.45) is 3.54. The summed E-state index contributed by atoms with van der Waals surface area (Å²) >= 11 is 5.85. The minimum atomic E-state index is -0.250. The zero-order valence-electron chi connectivity index (χ0n) is 14.3. The maximum Gasteiger partial charge on any atom is 0.233 e. The second-order valence-corrected chi connectivity index (χ2v) is 6.66. The molecule has 1 amide bonds. The topological polar surface area (TPSA) is 73.1 Å². The van der Waals surface area contributed by atoms with Gasteiger partial charge < -0.3 is 9.64 Å². The maximum absolute atomic E-state index is 12.8. The van der Waals surface area contributed by atoms with Crippen molar-refractivity contribution >= 4 is 17.5 Å². The fourth-order valence-electron chi connectivity index (χ4n) is 2.99. The van der Waals surface area contributed by atoms with Crippen molar-refractivity contribution < 1.29 is 9.53 Å². The summed E-state index contributed by atoms with van der Waals surface area (Å²) in [5.74, 6) is 1.29. The van der Waals surface area contributed by atoms with Crippen LogP contribution in [0.2, 0.25) is 5.02 Å². The summed E-state index contributed by atoms with van der Waals surface area (Å²) in [5.41, 5.74) is 0. The first-order chi connectivity index (χ1) is 12.1. The molecule has 0 fully saturated rings. The van der Waals surface area contributed by atoms with E-state index in [4.69, 9.17) is 16.3 Å². The van der Waals surface area contributed by atoms with Crippen molar-refractivity contribution in [1.29, 1.82) is 0 Å². The van der Waals surface area contributed by atoms with Gasteiger partial charge in [0.15, 0.2) is 5.82 Å². The van der Waals surface area contributed by atoms with Crippen LogP contribution in [0.1, 0.15) is 37.4 Å². The Morgan fingerprint density at radius 1 is 1.36 bits per heavy atom. The number of benzene rings is 1. The van der Waals surface area contributed by atoms with Gasteiger partial charge in [0, 0.05) is 25.2 Å². The van der Waals surface area contributed by atoms with Gasteiger partial charge in [-0.05, 0) is 54.0 Å². The molecule has 1 aliphatic rings. The van der Waals surface area contributed by atoms with Gasteiger partial charge in [-0.15, -0.1) is 5.10 Å². The number of halogens is 1. The summed E-state index contributed by atoms with van der Waals surface area (Å²) in [5, 5.41) is 12.4. The third-order valence-electron chi connectivity index (χ3n) is 4.38. The molecule has 7 nitrogen and oxygen atoms in total. The number of hydrogen-bond acceptors (Lipinski definition) is 5. The van der Waals surface area contributed by atoms with Crippen molar-refractivity contribution in [2.24, 2.45) is 0 Å². The van der Waals surface area contributed by atoms with E-state index in [0.717, 1.165) is 38.0 Å². The second-order valence-electron chi connectivity index (χ2n) is 6.22. The van der Waals surface area contributed by atoms with E-state index in [1.807, 2.05) is 19.2 Å². The molecule has 0 radical (unpaired) electrons. The van der Waals surface area contributed by atoms with Gasteiger partial charge in [0.25, 0.3) is 0 Å². The zero-order valence-corrected chi connectivity index (χ0v) is 15.0. The van der Waals surface area contributed by atoms with Gasteiger partial charge in [-0.1, -0.05) is 18.0 Å². The number of hydrogen-bond donors (Lipinski definition) is 0. The first-order valence-electron chi connectivity index (χ1n) is 8.54. The van der Waals surface area contributed by atoms with E-state index in [9.17, 15) is 4.79 Å². The molecule has 1 aromatic heterocycles. The van der Waals surface area contributed by atoms with Crippen molar-refractivity contribution in [3.05, 3.63) is 35.1 Å². The van der Waals surface area contributed by atoms with E-state index in [0.29, 0.717) is 24.0 Å². The highest BCUT2D eigenvalue weighted by Gasteiger charge is 2.30. The van der Waals surface area contributed by atoms with E-state index in [2.05, 4.69) is 15.5 Å². The van der Waals surface area contributed by atoms with Crippen LogP contribution in [0.4, 0.5) is 0 Å². The summed E-state index contributed by atoms with van der Waals surface area (Å²) in [6.45, 7) is 1.96. The van der Waals surface area contributed by atoms with E-state index >= 15 is 0 Å². The van der Waals surface area contributed by atoms with Crippen molar-refractivity contribution in [3.8, 4) is 5.75 Å². The number of aryl methyl sites for hydroxylation is 1. The number of amides is 1. The predicted octanol–water partition coefficient (Wildman–Crippen LogP) is 2.52. The predicted molar refractivity (Wildman–Crippen MR) is 93.6 cm³/mol. The van der Waals surface area contributed by atoms with Gasteiger partial charge >= 0.3 is 0 Å². The smallest absolute Gasteiger partial charge is 0.233 e. The molecule has 25 heavy (non-hydrogen) atoms. The van der Waals surface area contributed by atoms with Crippen LogP contribution in [0.25, 0.3) is 0 Å². The Bertz CT molecular complexity index is 703. The molecule has 0 bridgehead atoms. The van der Waals surface area contributed by atoms with Crippen LogP contribution in [0.15, 0.2) is 24.3 Å². The lowest BCUT2D eigenvalue weighted by atomic mass is 10.0. The van der Waals surface area contributed by atoms with Gasteiger partial charge in [0.2, 0.25) is 5.91 Å². The van der Waals surface area contributed by atoms with Crippen LogP contribution < -0.4 is 4.74 Å². The summed E-state index contributed by atoms with van der Waals surface area (Å²) < 4.78 is 7.42. The monoisotopic (exact) mass is 363 g/mol. The Balaban J connectivity index is 1.49. The number of nitrogens with zero attached hydrogens (tertiary/aromatic N) is 5. The third kappa shape index (κ3) is 4.48. The number of ether oxygens (including phenoxy) is 1. The molecular formula is C17H22ClN5O2. The number of fused-ring (bicyclic) bond motifs is 1. The summed E-state index contributed by atoms with van der Waals surface area (Å²) in [7, 11) is 1.82. The maximum atomic E-state index is 12.8. The lowest BCUT2D eigenvalue weighted by Gasteiger charge is -2.22.